The molecule has 0 aliphatic heterocycles. The Kier molecular flexibility index (Phi) is 3.17. The smallest absolute Gasteiger partial charge is 0.155 e. The molecule has 1 aromatic heterocycles. The van der Waals surface area contributed by atoms with Crippen molar-refractivity contribution in [3.8, 4) is 11.8 Å². The molecule has 0 amide bonds. The van der Waals surface area contributed by atoms with Crippen molar-refractivity contribution in [1.29, 1.82) is 0 Å². The predicted molar refractivity (Wildman–Crippen MR) is 67.3 cm³/mol. The molecule has 68 valence electrons. The van der Waals surface area contributed by atoms with Crippen molar-refractivity contribution in [2.45, 2.75) is 0 Å². The minimum Gasteiger partial charge on any atom is -0.222 e. The first kappa shape index (κ1) is 9.69. The Bertz CT molecular complexity index is 479. The fourth-order valence-corrected chi connectivity index (χ4v) is 2.08. The number of nitrogens with zero attached hydrogens (tertiary/aromatic N) is 1. The van der Waals surface area contributed by atoms with Gasteiger partial charge in [0.1, 0.15) is 5.69 Å². The molecule has 1 nitrogen and oxygen atoms in total. The number of halogens is 1. The lowest BCUT2D eigenvalue weighted by atomic mass is 10.2. The summed E-state index contributed by atoms with van der Waals surface area (Å²) in [6, 6.07) is 9.93. The molecule has 0 atom stereocenters. The summed E-state index contributed by atoms with van der Waals surface area (Å²) < 4.78 is 1.03. The van der Waals surface area contributed by atoms with Crippen molar-refractivity contribution in [3.63, 3.8) is 0 Å². The first-order chi connectivity index (χ1) is 6.84. The lowest BCUT2D eigenvalue weighted by Crippen LogP contribution is -1.75. The molecule has 0 saturated carbocycles. The maximum absolute atomic E-state index is 4.26. The van der Waals surface area contributed by atoms with E-state index in [9.17, 15) is 0 Å². The number of rotatable bonds is 0. The zero-order valence-electron chi connectivity index (χ0n) is 7.20. The molecule has 0 unspecified atom stereocenters. The van der Waals surface area contributed by atoms with Crippen LogP contribution < -0.4 is 0 Å². The first-order valence-electron chi connectivity index (χ1n) is 4.03. The highest BCUT2D eigenvalue weighted by Gasteiger charge is 1.93. The summed E-state index contributed by atoms with van der Waals surface area (Å²) in [5.74, 6) is 6.09. The second-order valence-electron chi connectivity index (χ2n) is 2.60. The molecule has 1 heterocycles. The van der Waals surface area contributed by atoms with Gasteiger partial charge < -0.3 is 0 Å². The largest absolute Gasteiger partial charge is 0.222 e. The van der Waals surface area contributed by atoms with Crippen LogP contribution in [-0.2, 0) is 0 Å². The van der Waals surface area contributed by atoms with Gasteiger partial charge >= 0.3 is 0 Å². The predicted octanol–water partition coefficient (Wildman–Crippen LogP) is 3.15. The standard InChI is InChI=1S/C11H6INS/c12-11-13-10(8-14-11)7-6-9-4-2-1-3-5-9/h1-5,8H. The number of hydrogen-bond donors (Lipinski definition) is 0. The molecule has 0 bridgehead atoms. The van der Waals surface area contributed by atoms with Crippen molar-refractivity contribution < 1.29 is 0 Å². The minimum atomic E-state index is 0.850. The van der Waals surface area contributed by atoms with Gasteiger partial charge in [-0.3, -0.25) is 0 Å². The maximum Gasteiger partial charge on any atom is 0.155 e. The van der Waals surface area contributed by atoms with E-state index in [1.54, 1.807) is 11.3 Å². The number of thiazole rings is 1. The van der Waals surface area contributed by atoms with Crippen molar-refractivity contribution in [2.75, 3.05) is 0 Å². The van der Waals surface area contributed by atoms with E-state index >= 15 is 0 Å². The third kappa shape index (κ3) is 2.56. The van der Waals surface area contributed by atoms with E-state index in [0.29, 0.717) is 0 Å². The third-order valence-corrected chi connectivity index (χ3v) is 3.22. The van der Waals surface area contributed by atoms with Crippen molar-refractivity contribution in [2.24, 2.45) is 0 Å². The summed E-state index contributed by atoms with van der Waals surface area (Å²) in [6.45, 7) is 0. The van der Waals surface area contributed by atoms with E-state index in [-0.39, 0.29) is 0 Å². The van der Waals surface area contributed by atoms with Crippen LogP contribution in [0.5, 0.6) is 0 Å². The molecule has 3 heteroatoms. The van der Waals surface area contributed by atoms with Gasteiger partial charge in [-0.05, 0) is 40.6 Å². The van der Waals surface area contributed by atoms with Gasteiger partial charge in [-0.2, -0.15) is 0 Å². The Morgan fingerprint density at radius 3 is 2.57 bits per heavy atom. The summed E-state index contributed by atoms with van der Waals surface area (Å²) in [5.41, 5.74) is 1.87. The molecular formula is C11H6INS. The highest BCUT2D eigenvalue weighted by Crippen LogP contribution is 2.10. The molecule has 0 aliphatic rings. The van der Waals surface area contributed by atoms with Crippen molar-refractivity contribution >= 4 is 33.9 Å². The third-order valence-electron chi connectivity index (χ3n) is 1.58. The molecule has 0 N–H and O–H groups in total. The average molecular weight is 311 g/mol. The Labute approximate surface area is 100 Å². The van der Waals surface area contributed by atoms with Crippen LogP contribution in [0, 0.1) is 14.9 Å². The van der Waals surface area contributed by atoms with Crippen LogP contribution in [0.25, 0.3) is 0 Å². The fraction of sp³-hybridized carbons (Fsp3) is 0. The van der Waals surface area contributed by atoms with Crippen LogP contribution in [0.3, 0.4) is 0 Å². The van der Waals surface area contributed by atoms with E-state index in [1.807, 2.05) is 35.7 Å². The molecule has 0 fully saturated rings. The van der Waals surface area contributed by atoms with Gasteiger partial charge in [-0.15, -0.1) is 11.3 Å². The van der Waals surface area contributed by atoms with Crippen LogP contribution in [0.2, 0.25) is 0 Å². The maximum atomic E-state index is 4.26. The second kappa shape index (κ2) is 4.58. The van der Waals surface area contributed by atoms with Crippen LogP contribution in [0.1, 0.15) is 11.3 Å². The van der Waals surface area contributed by atoms with Crippen LogP contribution in [0.15, 0.2) is 35.7 Å². The Morgan fingerprint density at radius 2 is 1.93 bits per heavy atom. The highest BCUT2D eigenvalue weighted by atomic mass is 127. The fourth-order valence-electron chi connectivity index (χ4n) is 0.967. The van der Waals surface area contributed by atoms with E-state index in [0.717, 1.165) is 14.3 Å². The van der Waals surface area contributed by atoms with Crippen molar-refractivity contribution in [3.05, 3.63) is 50.0 Å². The average Bonchev–Trinajstić information content (AvgIpc) is 2.63. The molecular weight excluding hydrogens is 305 g/mol. The normalized spacial score (nSPS) is 9.21. The first-order valence-corrected chi connectivity index (χ1v) is 5.98. The van der Waals surface area contributed by atoms with Gasteiger partial charge in [0.25, 0.3) is 0 Å². The highest BCUT2D eigenvalue weighted by molar-refractivity contribution is 14.1. The molecule has 0 aliphatic carbocycles. The minimum absolute atomic E-state index is 0.850. The second-order valence-corrected chi connectivity index (χ2v) is 5.21. The van der Waals surface area contributed by atoms with Crippen molar-refractivity contribution in [1.82, 2.24) is 4.98 Å². The van der Waals surface area contributed by atoms with Gasteiger partial charge in [-0.25, -0.2) is 4.98 Å². The number of benzene rings is 1. The van der Waals surface area contributed by atoms with Crippen LogP contribution in [-0.4, -0.2) is 4.98 Å². The van der Waals surface area contributed by atoms with Crippen LogP contribution in [0.4, 0.5) is 0 Å². The summed E-state index contributed by atoms with van der Waals surface area (Å²) >= 11 is 3.81. The SMILES string of the molecule is Ic1nc(C#Cc2ccccc2)cs1. The summed E-state index contributed by atoms with van der Waals surface area (Å²) in [5, 5.41) is 1.97. The Hall–Kier alpha value is -0.860. The van der Waals surface area contributed by atoms with E-state index in [4.69, 9.17) is 0 Å². The number of hydrogen-bond acceptors (Lipinski definition) is 2. The van der Waals surface area contributed by atoms with Gasteiger partial charge in [0.05, 0.1) is 0 Å². The van der Waals surface area contributed by atoms with Gasteiger partial charge in [0, 0.05) is 10.9 Å². The van der Waals surface area contributed by atoms with E-state index in [1.165, 1.54) is 0 Å². The zero-order chi connectivity index (χ0) is 9.80. The molecule has 0 spiro atoms. The van der Waals surface area contributed by atoms with Gasteiger partial charge in [-0.1, -0.05) is 24.1 Å². The molecule has 1 aromatic carbocycles. The summed E-state index contributed by atoms with van der Waals surface area (Å²) in [4.78, 5) is 4.26. The monoisotopic (exact) mass is 311 g/mol. The molecule has 14 heavy (non-hydrogen) atoms. The summed E-state index contributed by atoms with van der Waals surface area (Å²) in [7, 11) is 0. The summed E-state index contributed by atoms with van der Waals surface area (Å²) in [6.07, 6.45) is 0. The van der Waals surface area contributed by atoms with Gasteiger partial charge in [0.2, 0.25) is 0 Å². The van der Waals surface area contributed by atoms with E-state index < -0.39 is 0 Å². The molecule has 0 radical (unpaired) electrons. The molecule has 2 aromatic rings. The quantitative estimate of drug-likeness (QED) is 0.538. The molecule has 2 rings (SSSR count). The Balaban J connectivity index is 2.23. The zero-order valence-corrected chi connectivity index (χ0v) is 10.2. The number of aromatic nitrogens is 1. The Morgan fingerprint density at radius 1 is 1.14 bits per heavy atom. The molecule has 0 saturated heterocycles. The lowest BCUT2D eigenvalue weighted by Gasteiger charge is -1.84. The van der Waals surface area contributed by atoms with Gasteiger partial charge in [0.15, 0.2) is 3.01 Å². The van der Waals surface area contributed by atoms with E-state index in [2.05, 4.69) is 39.4 Å². The lowest BCUT2D eigenvalue weighted by molar-refractivity contribution is 1.33. The topological polar surface area (TPSA) is 12.9 Å². The van der Waals surface area contributed by atoms with Crippen LogP contribution >= 0.6 is 33.9 Å².